The fourth-order valence-corrected chi connectivity index (χ4v) is 4.09. The van der Waals surface area contributed by atoms with E-state index < -0.39 is 6.10 Å². The summed E-state index contributed by atoms with van der Waals surface area (Å²) in [5.74, 6) is 0.664. The largest absolute Gasteiger partial charge is 0.491 e. The Morgan fingerprint density at radius 3 is 2.90 bits per heavy atom. The number of hydrogen-bond donors (Lipinski definition) is 2. The van der Waals surface area contributed by atoms with E-state index in [4.69, 9.17) is 31.1 Å². The number of amides is 1. The van der Waals surface area contributed by atoms with Crippen LogP contribution in [0.25, 0.3) is 0 Å². The molecule has 0 saturated carbocycles. The highest BCUT2D eigenvalue weighted by Gasteiger charge is 2.30. The van der Waals surface area contributed by atoms with Crippen molar-refractivity contribution in [3.63, 3.8) is 0 Å². The van der Waals surface area contributed by atoms with Crippen LogP contribution in [0.2, 0.25) is 5.02 Å². The third-order valence-electron chi connectivity index (χ3n) is 5.47. The number of β-amino-alcohol motifs (C(OH)–C–C–N with tert-alkyl or cyclic N) is 1. The summed E-state index contributed by atoms with van der Waals surface area (Å²) in [4.78, 5) is 15.1. The van der Waals surface area contributed by atoms with Crippen LogP contribution in [0.5, 0.6) is 17.2 Å². The molecule has 2 aliphatic rings. The number of ether oxygens (including phenoxy) is 3. The van der Waals surface area contributed by atoms with Crippen LogP contribution in [0.4, 0.5) is 0 Å². The topological polar surface area (TPSA) is 104 Å². The van der Waals surface area contributed by atoms with Crippen LogP contribution in [0.3, 0.4) is 0 Å². The van der Waals surface area contributed by atoms with E-state index in [0.29, 0.717) is 62.0 Å². The van der Waals surface area contributed by atoms with E-state index in [1.165, 1.54) is 13.2 Å². The number of piperidine rings is 1. The van der Waals surface area contributed by atoms with Crippen molar-refractivity contribution in [1.29, 1.82) is 5.26 Å². The average molecular weight is 438 g/mol. The van der Waals surface area contributed by atoms with E-state index in [1.807, 2.05) is 0 Å². The number of benzene rings is 1. The van der Waals surface area contributed by atoms with Crippen LogP contribution >= 0.6 is 11.6 Å². The molecule has 0 radical (unpaired) electrons. The lowest BCUT2D eigenvalue weighted by atomic mass is 9.93. The molecule has 1 amide bonds. The molecule has 0 spiro atoms. The van der Waals surface area contributed by atoms with E-state index >= 15 is 0 Å². The van der Waals surface area contributed by atoms with Crippen LogP contribution in [0.15, 0.2) is 6.07 Å². The van der Waals surface area contributed by atoms with Gasteiger partial charge in [0.2, 0.25) is 5.75 Å². The van der Waals surface area contributed by atoms with Crippen molar-refractivity contribution in [1.82, 2.24) is 10.2 Å². The molecule has 164 valence electrons. The second kappa shape index (κ2) is 10.7. The second-order valence-corrected chi connectivity index (χ2v) is 7.94. The molecule has 0 aromatic heterocycles. The first-order valence-corrected chi connectivity index (χ1v) is 10.6. The number of nitrogens with zero attached hydrogens (tertiary/aromatic N) is 2. The van der Waals surface area contributed by atoms with Crippen molar-refractivity contribution >= 4 is 17.5 Å². The van der Waals surface area contributed by atoms with Crippen molar-refractivity contribution in [3.8, 4) is 23.3 Å². The number of aliphatic hydroxyl groups excluding tert-OH is 1. The molecule has 2 N–H and O–H groups in total. The Labute approximate surface area is 181 Å². The highest BCUT2D eigenvalue weighted by molar-refractivity contribution is 6.33. The van der Waals surface area contributed by atoms with Crippen LogP contribution in [-0.2, 0) is 0 Å². The molecule has 1 aromatic rings. The summed E-state index contributed by atoms with van der Waals surface area (Å²) in [5.41, 5.74) is 0.293. The molecule has 8 nitrogen and oxygen atoms in total. The van der Waals surface area contributed by atoms with E-state index in [1.54, 1.807) is 0 Å². The summed E-state index contributed by atoms with van der Waals surface area (Å²) < 4.78 is 16.8. The maximum atomic E-state index is 12.9. The Balaban J connectivity index is 1.63. The fraction of sp³-hybridized carbons (Fsp3) is 0.619. The molecule has 2 heterocycles. The van der Waals surface area contributed by atoms with Crippen molar-refractivity contribution in [2.45, 2.75) is 31.8 Å². The zero-order valence-corrected chi connectivity index (χ0v) is 17.9. The predicted molar refractivity (Wildman–Crippen MR) is 111 cm³/mol. The Kier molecular flexibility index (Phi) is 8.02. The first-order valence-electron chi connectivity index (χ1n) is 10.3. The molecule has 1 aromatic carbocycles. The van der Waals surface area contributed by atoms with Gasteiger partial charge in [-0.2, -0.15) is 5.26 Å². The molecule has 9 heteroatoms. The van der Waals surface area contributed by atoms with Gasteiger partial charge < -0.3 is 29.5 Å². The predicted octanol–water partition coefficient (Wildman–Crippen LogP) is 2.23. The highest BCUT2D eigenvalue weighted by Crippen LogP contribution is 2.46. The van der Waals surface area contributed by atoms with Crippen LogP contribution < -0.4 is 19.5 Å². The number of methoxy groups -OCH3 is 1. The van der Waals surface area contributed by atoms with E-state index in [2.05, 4.69) is 16.3 Å². The minimum absolute atomic E-state index is 0.0364. The number of unbranched alkanes of at least 4 members (excludes halogenated alkanes) is 1. The summed E-state index contributed by atoms with van der Waals surface area (Å²) in [6.07, 6.45) is 2.25. The number of hydrogen-bond acceptors (Lipinski definition) is 7. The lowest BCUT2D eigenvalue weighted by Gasteiger charge is -2.36. The van der Waals surface area contributed by atoms with E-state index in [9.17, 15) is 9.90 Å². The molecule has 0 aliphatic carbocycles. The van der Waals surface area contributed by atoms with Gasteiger partial charge in [-0.1, -0.05) is 11.6 Å². The fourth-order valence-electron chi connectivity index (χ4n) is 3.82. The maximum absolute atomic E-state index is 12.9. The van der Waals surface area contributed by atoms with Crippen molar-refractivity contribution in [2.24, 2.45) is 5.92 Å². The molecular weight excluding hydrogens is 410 g/mol. The molecule has 2 atom stereocenters. The van der Waals surface area contributed by atoms with Crippen LogP contribution in [-0.4, -0.2) is 68.5 Å². The summed E-state index contributed by atoms with van der Waals surface area (Å²) >= 11 is 6.30. The van der Waals surface area contributed by atoms with Gasteiger partial charge in [0, 0.05) is 31.8 Å². The smallest absolute Gasteiger partial charge is 0.255 e. The first-order chi connectivity index (χ1) is 14.5. The number of nitriles is 1. The summed E-state index contributed by atoms with van der Waals surface area (Å²) in [6.45, 7) is 3.42. The number of aliphatic hydroxyl groups is 1. The summed E-state index contributed by atoms with van der Waals surface area (Å²) in [7, 11) is 1.49. The van der Waals surface area contributed by atoms with Gasteiger partial charge in [0.05, 0.1) is 43.1 Å². The number of likely N-dealkylation sites (tertiary alicyclic amines) is 1. The number of halogens is 1. The van der Waals surface area contributed by atoms with Gasteiger partial charge in [0.15, 0.2) is 11.5 Å². The monoisotopic (exact) mass is 437 g/mol. The lowest BCUT2D eigenvalue weighted by molar-refractivity contribution is 0.0219. The number of carbonyl (C=O) groups is 1. The standard InChI is InChI=1S/C21H28ClN3O5/c1-28-19-16(22)11-15(18-20(19)30-10-4-9-29-18)21(27)24-12-14-5-8-25(13-17(14)26)7-3-2-6-23/h11,14,17,26H,2-5,7-10,12-13H2,1H3,(H,24,27). The van der Waals surface area contributed by atoms with Gasteiger partial charge in [0.25, 0.3) is 5.91 Å². The number of nitrogens with one attached hydrogen (secondary N) is 1. The van der Waals surface area contributed by atoms with Gasteiger partial charge in [-0.05, 0) is 32.0 Å². The van der Waals surface area contributed by atoms with Gasteiger partial charge in [-0.25, -0.2) is 0 Å². The molecule has 1 fully saturated rings. The van der Waals surface area contributed by atoms with Gasteiger partial charge in [-0.15, -0.1) is 0 Å². The summed E-state index contributed by atoms with van der Waals surface area (Å²) in [6, 6.07) is 3.66. The second-order valence-electron chi connectivity index (χ2n) is 7.54. The highest BCUT2D eigenvalue weighted by atomic mass is 35.5. The molecule has 2 aliphatic heterocycles. The average Bonchev–Trinajstić information content (AvgIpc) is 2.98. The molecule has 30 heavy (non-hydrogen) atoms. The molecule has 3 rings (SSSR count). The molecule has 1 saturated heterocycles. The van der Waals surface area contributed by atoms with Gasteiger partial charge in [-0.3, -0.25) is 4.79 Å². The minimum atomic E-state index is -0.530. The zero-order chi connectivity index (χ0) is 21.5. The SMILES string of the molecule is COc1c(Cl)cc(C(=O)NCC2CCN(CCCC#N)CC2O)c2c1OCCCO2. The van der Waals surface area contributed by atoms with E-state index in [-0.39, 0.29) is 16.8 Å². The molecular formula is C21H28ClN3O5. The Bertz CT molecular complexity index is 798. The number of rotatable bonds is 7. The van der Waals surface area contributed by atoms with Gasteiger partial charge >= 0.3 is 0 Å². The van der Waals surface area contributed by atoms with E-state index in [0.717, 1.165) is 25.9 Å². The third kappa shape index (κ3) is 5.28. The Morgan fingerprint density at radius 1 is 1.43 bits per heavy atom. The zero-order valence-electron chi connectivity index (χ0n) is 17.2. The van der Waals surface area contributed by atoms with Crippen molar-refractivity contribution in [2.75, 3.05) is 46.5 Å². The Morgan fingerprint density at radius 2 is 2.20 bits per heavy atom. The number of carbonyl (C=O) groups excluding carboxylic acids is 1. The van der Waals surface area contributed by atoms with Crippen LogP contribution in [0, 0.1) is 17.2 Å². The van der Waals surface area contributed by atoms with Gasteiger partial charge in [0.1, 0.15) is 0 Å². The maximum Gasteiger partial charge on any atom is 0.255 e. The molecule has 0 bridgehead atoms. The third-order valence-corrected chi connectivity index (χ3v) is 5.75. The van der Waals surface area contributed by atoms with Crippen molar-refractivity contribution in [3.05, 3.63) is 16.7 Å². The normalized spacial score (nSPS) is 21.4. The summed E-state index contributed by atoms with van der Waals surface area (Å²) in [5, 5.41) is 22.3. The minimum Gasteiger partial charge on any atom is -0.491 e. The lowest BCUT2D eigenvalue weighted by Crippen LogP contribution is -2.47. The van der Waals surface area contributed by atoms with Crippen molar-refractivity contribution < 1.29 is 24.1 Å². The quantitative estimate of drug-likeness (QED) is 0.630. The Hall–Kier alpha value is -2.21. The number of fused-ring (bicyclic) bond motifs is 1. The molecule has 2 unspecified atom stereocenters. The van der Waals surface area contributed by atoms with Crippen LogP contribution in [0.1, 0.15) is 36.0 Å². The first kappa shape index (κ1) is 22.5.